The van der Waals surface area contributed by atoms with Crippen LogP contribution in [0.2, 0.25) is 0 Å². The predicted octanol–water partition coefficient (Wildman–Crippen LogP) is 3.36. The van der Waals surface area contributed by atoms with Gasteiger partial charge in [-0.15, -0.1) is 0 Å². The van der Waals surface area contributed by atoms with Gasteiger partial charge in [-0.05, 0) is 36.8 Å². The SMILES string of the molecule is CN(CC1CCCCC1)C(=O)CCc1ccccc1C(=O)O. The quantitative estimate of drug-likeness (QED) is 0.876. The Kier molecular flexibility index (Phi) is 5.99. The summed E-state index contributed by atoms with van der Waals surface area (Å²) in [5.41, 5.74) is 1.03. The van der Waals surface area contributed by atoms with Crippen LogP contribution in [0.1, 0.15) is 54.4 Å². The number of hydrogen-bond acceptors (Lipinski definition) is 2. The van der Waals surface area contributed by atoms with Crippen molar-refractivity contribution in [3.05, 3.63) is 35.4 Å². The number of carboxylic acids is 1. The summed E-state index contributed by atoms with van der Waals surface area (Å²) in [6.07, 6.45) is 7.17. The van der Waals surface area contributed by atoms with Crippen molar-refractivity contribution in [3.8, 4) is 0 Å². The van der Waals surface area contributed by atoms with Gasteiger partial charge in [0.25, 0.3) is 0 Å². The summed E-state index contributed by atoms with van der Waals surface area (Å²) in [7, 11) is 1.86. The second-order valence-corrected chi connectivity index (χ2v) is 6.24. The van der Waals surface area contributed by atoms with Crippen LogP contribution in [0.5, 0.6) is 0 Å². The summed E-state index contributed by atoms with van der Waals surface area (Å²) < 4.78 is 0. The van der Waals surface area contributed by atoms with Crippen LogP contribution in [0, 0.1) is 5.92 Å². The molecule has 0 atom stereocenters. The smallest absolute Gasteiger partial charge is 0.335 e. The standard InChI is InChI=1S/C18H25NO3/c1-19(13-14-7-3-2-4-8-14)17(20)12-11-15-9-5-6-10-16(15)18(21)22/h5-6,9-10,14H,2-4,7-8,11-13H2,1H3,(H,21,22). The highest BCUT2D eigenvalue weighted by atomic mass is 16.4. The molecule has 1 aliphatic rings. The molecule has 1 aliphatic carbocycles. The average Bonchev–Trinajstić information content (AvgIpc) is 2.53. The van der Waals surface area contributed by atoms with Gasteiger partial charge in [0, 0.05) is 20.0 Å². The minimum atomic E-state index is -0.932. The molecule has 2 rings (SSSR count). The number of aromatic carboxylic acids is 1. The number of carboxylic acid groups (broad SMARTS) is 1. The maximum atomic E-state index is 12.2. The zero-order chi connectivity index (χ0) is 15.9. The van der Waals surface area contributed by atoms with Gasteiger partial charge in [-0.2, -0.15) is 0 Å². The highest BCUT2D eigenvalue weighted by molar-refractivity contribution is 5.89. The Morgan fingerprint density at radius 3 is 2.55 bits per heavy atom. The number of benzene rings is 1. The molecule has 1 aromatic carbocycles. The van der Waals surface area contributed by atoms with E-state index in [1.54, 1.807) is 18.2 Å². The Morgan fingerprint density at radius 2 is 1.86 bits per heavy atom. The highest BCUT2D eigenvalue weighted by Gasteiger charge is 2.18. The molecular formula is C18H25NO3. The third kappa shape index (κ3) is 4.58. The van der Waals surface area contributed by atoms with Crippen molar-refractivity contribution in [1.29, 1.82) is 0 Å². The van der Waals surface area contributed by atoms with E-state index in [0.717, 1.165) is 12.1 Å². The Morgan fingerprint density at radius 1 is 1.18 bits per heavy atom. The summed E-state index contributed by atoms with van der Waals surface area (Å²) in [5.74, 6) is -0.196. The molecule has 0 radical (unpaired) electrons. The molecule has 1 amide bonds. The summed E-state index contributed by atoms with van der Waals surface area (Å²) in [6.45, 7) is 0.833. The van der Waals surface area contributed by atoms with Crippen LogP contribution >= 0.6 is 0 Å². The Labute approximate surface area is 132 Å². The van der Waals surface area contributed by atoms with E-state index >= 15 is 0 Å². The topological polar surface area (TPSA) is 57.6 Å². The lowest BCUT2D eigenvalue weighted by atomic mass is 9.89. The van der Waals surface area contributed by atoms with Gasteiger partial charge in [-0.25, -0.2) is 4.79 Å². The molecule has 4 heteroatoms. The minimum absolute atomic E-state index is 0.103. The second kappa shape index (κ2) is 7.97. The number of carbonyl (C=O) groups is 2. The molecule has 120 valence electrons. The molecule has 0 aromatic heterocycles. The van der Waals surface area contributed by atoms with Gasteiger partial charge in [0.1, 0.15) is 0 Å². The molecule has 4 nitrogen and oxygen atoms in total. The summed E-state index contributed by atoms with van der Waals surface area (Å²) in [6, 6.07) is 6.91. The predicted molar refractivity (Wildman–Crippen MR) is 85.9 cm³/mol. The van der Waals surface area contributed by atoms with Crippen LogP contribution in [-0.4, -0.2) is 35.5 Å². The van der Waals surface area contributed by atoms with Crippen molar-refractivity contribution >= 4 is 11.9 Å². The van der Waals surface area contributed by atoms with E-state index in [-0.39, 0.29) is 5.91 Å². The van der Waals surface area contributed by atoms with Gasteiger partial charge in [0.05, 0.1) is 5.56 Å². The third-order valence-electron chi connectivity index (χ3n) is 4.54. The van der Waals surface area contributed by atoms with E-state index < -0.39 is 5.97 Å². The van der Waals surface area contributed by atoms with E-state index in [9.17, 15) is 9.59 Å². The van der Waals surface area contributed by atoms with E-state index in [4.69, 9.17) is 5.11 Å². The monoisotopic (exact) mass is 303 g/mol. The molecule has 0 spiro atoms. The third-order valence-corrected chi connectivity index (χ3v) is 4.54. The molecule has 1 N–H and O–H groups in total. The van der Waals surface area contributed by atoms with Crippen LogP contribution in [0.3, 0.4) is 0 Å². The average molecular weight is 303 g/mol. The van der Waals surface area contributed by atoms with E-state index in [0.29, 0.717) is 24.3 Å². The normalized spacial score (nSPS) is 15.5. The minimum Gasteiger partial charge on any atom is -0.478 e. The number of hydrogen-bond donors (Lipinski definition) is 1. The summed E-state index contributed by atoms with van der Waals surface area (Å²) in [5, 5.41) is 9.16. The molecule has 0 unspecified atom stereocenters. The van der Waals surface area contributed by atoms with Crippen LogP contribution in [-0.2, 0) is 11.2 Å². The number of nitrogens with zero attached hydrogens (tertiary/aromatic N) is 1. The first kappa shape index (κ1) is 16.5. The van der Waals surface area contributed by atoms with Crippen molar-refractivity contribution in [1.82, 2.24) is 4.90 Å². The van der Waals surface area contributed by atoms with Gasteiger partial charge in [-0.3, -0.25) is 4.79 Å². The molecule has 1 aromatic rings. The Hall–Kier alpha value is -1.84. The lowest BCUT2D eigenvalue weighted by Gasteiger charge is -2.27. The molecule has 1 saturated carbocycles. The Balaban J connectivity index is 1.85. The molecule has 0 saturated heterocycles. The molecular weight excluding hydrogens is 278 g/mol. The second-order valence-electron chi connectivity index (χ2n) is 6.24. The molecule has 0 aliphatic heterocycles. The zero-order valence-corrected chi connectivity index (χ0v) is 13.3. The zero-order valence-electron chi connectivity index (χ0n) is 13.3. The lowest BCUT2D eigenvalue weighted by molar-refractivity contribution is -0.130. The van der Waals surface area contributed by atoms with Gasteiger partial charge >= 0.3 is 5.97 Å². The maximum Gasteiger partial charge on any atom is 0.335 e. The van der Waals surface area contributed by atoms with Crippen molar-refractivity contribution in [2.45, 2.75) is 44.9 Å². The van der Waals surface area contributed by atoms with Gasteiger partial charge in [-0.1, -0.05) is 37.5 Å². The van der Waals surface area contributed by atoms with Gasteiger partial charge < -0.3 is 10.0 Å². The fraction of sp³-hybridized carbons (Fsp3) is 0.556. The van der Waals surface area contributed by atoms with Crippen LogP contribution in [0.25, 0.3) is 0 Å². The lowest BCUT2D eigenvalue weighted by Crippen LogP contribution is -2.32. The highest BCUT2D eigenvalue weighted by Crippen LogP contribution is 2.24. The van der Waals surface area contributed by atoms with Crippen LogP contribution in [0.15, 0.2) is 24.3 Å². The van der Waals surface area contributed by atoms with E-state index in [2.05, 4.69) is 0 Å². The van der Waals surface area contributed by atoms with E-state index in [1.165, 1.54) is 32.1 Å². The number of rotatable bonds is 6. The van der Waals surface area contributed by atoms with Crippen LogP contribution < -0.4 is 0 Å². The van der Waals surface area contributed by atoms with Gasteiger partial charge in [0.15, 0.2) is 0 Å². The Bertz CT molecular complexity index is 521. The van der Waals surface area contributed by atoms with Crippen molar-refractivity contribution < 1.29 is 14.7 Å². The van der Waals surface area contributed by atoms with Crippen molar-refractivity contribution in [3.63, 3.8) is 0 Å². The fourth-order valence-corrected chi connectivity index (χ4v) is 3.24. The first-order valence-electron chi connectivity index (χ1n) is 8.13. The number of carbonyl (C=O) groups excluding carboxylic acids is 1. The summed E-state index contributed by atoms with van der Waals surface area (Å²) >= 11 is 0. The maximum absolute atomic E-state index is 12.2. The fourth-order valence-electron chi connectivity index (χ4n) is 3.24. The summed E-state index contributed by atoms with van der Waals surface area (Å²) in [4.78, 5) is 25.2. The van der Waals surface area contributed by atoms with Crippen LogP contribution in [0.4, 0.5) is 0 Å². The first-order valence-corrected chi connectivity index (χ1v) is 8.13. The van der Waals surface area contributed by atoms with E-state index in [1.807, 2.05) is 18.0 Å². The largest absolute Gasteiger partial charge is 0.478 e. The molecule has 1 fully saturated rings. The molecule has 0 bridgehead atoms. The van der Waals surface area contributed by atoms with Gasteiger partial charge in [0.2, 0.25) is 5.91 Å². The number of amides is 1. The first-order chi connectivity index (χ1) is 10.6. The molecule has 0 heterocycles. The number of aryl methyl sites for hydroxylation is 1. The van der Waals surface area contributed by atoms with Crippen molar-refractivity contribution in [2.24, 2.45) is 5.92 Å². The molecule has 22 heavy (non-hydrogen) atoms. The van der Waals surface area contributed by atoms with Crippen molar-refractivity contribution in [2.75, 3.05) is 13.6 Å².